The van der Waals surface area contributed by atoms with E-state index in [2.05, 4.69) is 22.0 Å². The van der Waals surface area contributed by atoms with Crippen LogP contribution in [0.4, 0.5) is 0 Å². The smallest absolute Gasteiger partial charge is 0.205 e. The van der Waals surface area contributed by atoms with Crippen molar-refractivity contribution in [2.45, 2.75) is 31.8 Å². The predicted octanol–water partition coefficient (Wildman–Crippen LogP) is 4.44. The molecule has 2 heterocycles. The number of allylic oxidation sites excluding steroid dienone is 3. The third kappa shape index (κ3) is 3.43. The summed E-state index contributed by atoms with van der Waals surface area (Å²) >= 11 is 3.40. The lowest BCUT2D eigenvalue weighted by molar-refractivity contribution is -0.116. The van der Waals surface area contributed by atoms with Crippen LogP contribution < -0.4 is 10.5 Å². The summed E-state index contributed by atoms with van der Waals surface area (Å²) in [5, 5.41) is 9.58. The van der Waals surface area contributed by atoms with E-state index in [0.717, 1.165) is 4.47 Å². The third-order valence-corrected chi connectivity index (χ3v) is 5.24. The van der Waals surface area contributed by atoms with Crippen molar-refractivity contribution in [2.75, 3.05) is 0 Å². The number of rotatable bonds is 4. The summed E-state index contributed by atoms with van der Waals surface area (Å²) < 4.78 is 18.2. The van der Waals surface area contributed by atoms with Gasteiger partial charge in [0.2, 0.25) is 5.88 Å². The average molecular weight is 441 g/mol. The Bertz CT molecular complexity index is 1040. The van der Waals surface area contributed by atoms with Crippen molar-refractivity contribution in [3.05, 3.63) is 75.2 Å². The second kappa shape index (κ2) is 7.56. The van der Waals surface area contributed by atoms with Gasteiger partial charge in [0, 0.05) is 22.9 Å². The summed E-state index contributed by atoms with van der Waals surface area (Å²) in [7, 11) is 0. The number of halogens is 1. The van der Waals surface area contributed by atoms with Crippen LogP contribution in [-0.2, 0) is 16.1 Å². The molecule has 1 aromatic carbocycles. The molecule has 1 aliphatic carbocycles. The molecule has 0 unspecified atom stereocenters. The van der Waals surface area contributed by atoms with E-state index in [0.29, 0.717) is 47.9 Å². The van der Waals surface area contributed by atoms with Crippen LogP contribution in [0.5, 0.6) is 5.75 Å². The molecule has 1 atom stereocenters. The van der Waals surface area contributed by atoms with Crippen LogP contribution in [-0.4, -0.2) is 5.78 Å². The summed E-state index contributed by atoms with van der Waals surface area (Å²) in [5.41, 5.74) is 6.62. The van der Waals surface area contributed by atoms with Crippen LogP contribution >= 0.6 is 15.9 Å². The van der Waals surface area contributed by atoms with Gasteiger partial charge in [-0.05, 0) is 36.8 Å². The first-order valence-electron chi connectivity index (χ1n) is 8.87. The number of furan rings is 1. The van der Waals surface area contributed by atoms with Gasteiger partial charge in [-0.15, -0.1) is 0 Å². The monoisotopic (exact) mass is 440 g/mol. The number of nitrogens with two attached hydrogens (primary N) is 1. The second-order valence-corrected chi connectivity index (χ2v) is 7.50. The predicted molar refractivity (Wildman–Crippen MR) is 104 cm³/mol. The van der Waals surface area contributed by atoms with Crippen LogP contribution in [0.15, 0.2) is 68.1 Å². The number of ketones is 1. The Balaban J connectivity index is 1.62. The fourth-order valence-electron chi connectivity index (χ4n) is 3.48. The van der Waals surface area contributed by atoms with E-state index in [1.165, 1.54) is 0 Å². The Morgan fingerprint density at radius 1 is 1.29 bits per heavy atom. The van der Waals surface area contributed by atoms with Gasteiger partial charge < -0.3 is 19.6 Å². The summed E-state index contributed by atoms with van der Waals surface area (Å²) in [4.78, 5) is 12.5. The molecule has 2 aromatic rings. The van der Waals surface area contributed by atoms with Gasteiger partial charge >= 0.3 is 0 Å². The Morgan fingerprint density at radius 3 is 2.93 bits per heavy atom. The van der Waals surface area contributed by atoms with Gasteiger partial charge in [-0.25, -0.2) is 0 Å². The van der Waals surface area contributed by atoms with Crippen molar-refractivity contribution in [2.24, 2.45) is 5.73 Å². The van der Waals surface area contributed by atoms with E-state index in [-0.39, 0.29) is 23.8 Å². The van der Waals surface area contributed by atoms with E-state index in [4.69, 9.17) is 19.6 Å². The molecule has 0 fully saturated rings. The van der Waals surface area contributed by atoms with Gasteiger partial charge in [-0.1, -0.05) is 22.0 Å². The number of nitriles is 1. The van der Waals surface area contributed by atoms with E-state index in [9.17, 15) is 10.1 Å². The van der Waals surface area contributed by atoms with Gasteiger partial charge in [0.1, 0.15) is 41.3 Å². The SMILES string of the molecule is N#CC1=C(N)OC2=C(C(=O)CCC2)[C@H]1c1ccc(COc2cccc(Br)c2)o1. The molecule has 0 radical (unpaired) electrons. The lowest BCUT2D eigenvalue weighted by Gasteiger charge is -2.29. The summed E-state index contributed by atoms with van der Waals surface area (Å²) in [6.07, 6.45) is 1.76. The largest absolute Gasteiger partial charge is 0.486 e. The van der Waals surface area contributed by atoms with Crippen molar-refractivity contribution in [1.82, 2.24) is 0 Å². The van der Waals surface area contributed by atoms with Crippen molar-refractivity contribution in [3.63, 3.8) is 0 Å². The van der Waals surface area contributed by atoms with E-state index in [1.807, 2.05) is 24.3 Å². The van der Waals surface area contributed by atoms with Gasteiger partial charge in [-0.3, -0.25) is 4.79 Å². The molecule has 1 aliphatic heterocycles. The van der Waals surface area contributed by atoms with Crippen LogP contribution in [0.2, 0.25) is 0 Å². The molecule has 0 bridgehead atoms. The van der Waals surface area contributed by atoms with Crippen LogP contribution in [0, 0.1) is 11.3 Å². The zero-order valence-corrected chi connectivity index (χ0v) is 16.5. The molecule has 0 spiro atoms. The molecule has 0 saturated carbocycles. The molecule has 2 aliphatic rings. The first kappa shape index (κ1) is 18.4. The summed E-state index contributed by atoms with van der Waals surface area (Å²) in [6, 6.07) is 13.1. The highest BCUT2D eigenvalue weighted by Gasteiger charge is 2.39. The number of benzene rings is 1. The zero-order chi connectivity index (χ0) is 19.7. The zero-order valence-electron chi connectivity index (χ0n) is 14.9. The minimum Gasteiger partial charge on any atom is -0.486 e. The van der Waals surface area contributed by atoms with E-state index >= 15 is 0 Å². The number of carbonyl (C=O) groups is 1. The molecule has 0 amide bonds. The molecule has 142 valence electrons. The average Bonchev–Trinajstić information content (AvgIpc) is 3.14. The molecule has 6 nitrogen and oxygen atoms in total. The molecule has 0 saturated heterocycles. The van der Waals surface area contributed by atoms with Gasteiger partial charge in [0.25, 0.3) is 0 Å². The number of hydrogen-bond acceptors (Lipinski definition) is 6. The van der Waals surface area contributed by atoms with Crippen molar-refractivity contribution in [1.29, 1.82) is 5.26 Å². The molecule has 4 rings (SSSR count). The maximum atomic E-state index is 12.5. The van der Waals surface area contributed by atoms with Gasteiger partial charge in [0.05, 0.1) is 5.92 Å². The fraction of sp³-hybridized carbons (Fsp3) is 0.238. The number of Topliss-reactive ketones (excluding diaryl/α,β-unsaturated/α-hetero) is 1. The Labute approximate surface area is 170 Å². The van der Waals surface area contributed by atoms with Gasteiger partial charge in [-0.2, -0.15) is 5.26 Å². The number of hydrogen-bond donors (Lipinski definition) is 1. The number of ether oxygens (including phenoxy) is 2. The molecular weight excluding hydrogens is 424 g/mol. The molecule has 7 heteroatoms. The second-order valence-electron chi connectivity index (χ2n) is 6.59. The van der Waals surface area contributed by atoms with Gasteiger partial charge in [0.15, 0.2) is 5.78 Å². The molecule has 2 N–H and O–H groups in total. The normalized spacial score (nSPS) is 19.1. The van der Waals surface area contributed by atoms with Crippen LogP contribution in [0.1, 0.15) is 36.7 Å². The van der Waals surface area contributed by atoms with Crippen LogP contribution in [0.25, 0.3) is 0 Å². The van der Waals surface area contributed by atoms with Crippen molar-refractivity contribution < 1.29 is 18.7 Å². The summed E-state index contributed by atoms with van der Waals surface area (Å²) in [6.45, 7) is 0.223. The fourth-order valence-corrected chi connectivity index (χ4v) is 3.86. The van der Waals surface area contributed by atoms with Crippen molar-refractivity contribution >= 4 is 21.7 Å². The highest BCUT2D eigenvalue weighted by molar-refractivity contribution is 9.10. The standard InChI is InChI=1S/C21H17BrN2O4/c22-12-3-1-4-13(9-12)26-11-14-7-8-18(27-14)19-15(10-23)21(24)28-17-6-2-5-16(25)20(17)19/h1,3-4,7-9,19H,2,5-6,11,24H2/t19-/m1/s1. The maximum Gasteiger partial charge on any atom is 0.205 e. The first-order valence-corrected chi connectivity index (χ1v) is 9.67. The van der Waals surface area contributed by atoms with Crippen LogP contribution in [0.3, 0.4) is 0 Å². The molecular formula is C21H17BrN2O4. The first-order chi connectivity index (χ1) is 13.6. The lowest BCUT2D eigenvalue weighted by atomic mass is 9.80. The number of nitrogens with zero attached hydrogens (tertiary/aromatic N) is 1. The minimum atomic E-state index is -0.638. The summed E-state index contributed by atoms with van der Waals surface area (Å²) in [5.74, 6) is 1.68. The highest BCUT2D eigenvalue weighted by Crippen LogP contribution is 2.43. The Kier molecular flexibility index (Phi) is 4.97. The quantitative estimate of drug-likeness (QED) is 0.754. The Hall–Kier alpha value is -2.98. The van der Waals surface area contributed by atoms with E-state index < -0.39 is 5.92 Å². The third-order valence-electron chi connectivity index (χ3n) is 4.75. The minimum absolute atomic E-state index is 0.0317. The van der Waals surface area contributed by atoms with E-state index in [1.54, 1.807) is 12.1 Å². The topological polar surface area (TPSA) is 98.5 Å². The van der Waals surface area contributed by atoms with Crippen molar-refractivity contribution in [3.8, 4) is 11.8 Å². The maximum absolute atomic E-state index is 12.5. The number of carbonyl (C=O) groups excluding carboxylic acids is 1. The lowest BCUT2D eigenvalue weighted by Crippen LogP contribution is -2.27. The highest BCUT2D eigenvalue weighted by atomic mass is 79.9. The molecule has 1 aromatic heterocycles. The Morgan fingerprint density at radius 2 is 2.14 bits per heavy atom. The molecule has 28 heavy (non-hydrogen) atoms.